The lowest BCUT2D eigenvalue weighted by Gasteiger charge is -2.13. The van der Waals surface area contributed by atoms with Crippen LogP contribution in [0.3, 0.4) is 0 Å². The van der Waals surface area contributed by atoms with Gasteiger partial charge in [-0.25, -0.2) is 9.59 Å². The second kappa shape index (κ2) is 19.4. The van der Waals surface area contributed by atoms with Gasteiger partial charge in [-0.3, -0.25) is 4.79 Å². The molecule has 0 saturated carbocycles. The standard InChI is InChI=1S/C41H48O11/c42-39(22-20-36-28-49-36)51-38-25-33(50-40(43)29-11-15-31(16-12-29)45-23-7-3-1-5-9-34-26-47-34)19-21-37(38)52-41(44)30-13-17-32(18-14-30)46-24-8-4-2-6-10-35-27-48-35/h11-19,21,25,34-36H,1-10,20,22-24,26-28H2. The summed E-state index contributed by atoms with van der Waals surface area (Å²) in [5.41, 5.74) is 0.611. The molecule has 3 aliphatic heterocycles. The molecule has 11 nitrogen and oxygen atoms in total. The van der Waals surface area contributed by atoms with Gasteiger partial charge in [-0.15, -0.1) is 0 Å². The van der Waals surface area contributed by atoms with Gasteiger partial charge in [0.15, 0.2) is 11.5 Å². The van der Waals surface area contributed by atoms with Crippen LogP contribution in [0.25, 0.3) is 0 Å². The summed E-state index contributed by atoms with van der Waals surface area (Å²) in [6.45, 7) is 3.64. The number of rotatable bonds is 24. The van der Waals surface area contributed by atoms with Crippen LogP contribution in [-0.4, -0.2) is 69.3 Å². The SMILES string of the molecule is O=C(CCC1CO1)Oc1cc(OC(=O)c2ccc(OCCCCCCC3CO3)cc2)ccc1OC(=O)c1ccc(OCCCCCCC2CO2)cc1. The summed E-state index contributed by atoms with van der Waals surface area (Å²) in [6, 6.07) is 17.7. The fraction of sp³-hybridized carbons (Fsp3) is 0.488. The summed E-state index contributed by atoms with van der Waals surface area (Å²) in [7, 11) is 0. The van der Waals surface area contributed by atoms with E-state index in [4.69, 9.17) is 37.9 Å². The lowest BCUT2D eigenvalue weighted by Crippen LogP contribution is -2.14. The number of ether oxygens (including phenoxy) is 8. The van der Waals surface area contributed by atoms with Crippen molar-refractivity contribution in [1.82, 2.24) is 0 Å². The van der Waals surface area contributed by atoms with E-state index in [0.29, 0.717) is 61.1 Å². The van der Waals surface area contributed by atoms with Gasteiger partial charge < -0.3 is 37.9 Å². The molecule has 0 aliphatic carbocycles. The summed E-state index contributed by atoms with van der Waals surface area (Å²) in [5, 5.41) is 0. The van der Waals surface area contributed by atoms with Gasteiger partial charge >= 0.3 is 17.9 Å². The van der Waals surface area contributed by atoms with Crippen LogP contribution in [0.2, 0.25) is 0 Å². The van der Waals surface area contributed by atoms with Crippen LogP contribution in [0, 0.1) is 0 Å². The summed E-state index contributed by atoms with van der Waals surface area (Å²) in [4.78, 5) is 38.8. The van der Waals surface area contributed by atoms with Crippen LogP contribution < -0.4 is 23.7 Å². The number of hydrogen-bond donors (Lipinski definition) is 0. The Labute approximate surface area is 304 Å². The quantitative estimate of drug-likeness (QED) is 0.0391. The molecule has 3 aliphatic rings. The van der Waals surface area contributed by atoms with Gasteiger partial charge in [0.2, 0.25) is 0 Å². The fourth-order valence-corrected chi connectivity index (χ4v) is 5.61. The van der Waals surface area contributed by atoms with Gasteiger partial charge in [-0.1, -0.05) is 38.5 Å². The van der Waals surface area contributed by atoms with Crippen LogP contribution >= 0.6 is 0 Å². The molecule has 3 saturated heterocycles. The highest BCUT2D eigenvalue weighted by atomic mass is 16.6. The molecular weight excluding hydrogens is 668 g/mol. The van der Waals surface area contributed by atoms with Crippen LogP contribution in [0.5, 0.6) is 28.7 Å². The first-order chi connectivity index (χ1) is 25.5. The van der Waals surface area contributed by atoms with E-state index in [1.54, 1.807) is 48.5 Å². The molecule has 3 unspecified atom stereocenters. The van der Waals surface area contributed by atoms with Gasteiger partial charge in [-0.2, -0.15) is 0 Å². The van der Waals surface area contributed by atoms with Crippen molar-refractivity contribution in [3.8, 4) is 28.7 Å². The molecular formula is C41H48O11. The summed E-state index contributed by atoms with van der Waals surface area (Å²) < 4.78 is 44.2. The molecule has 3 fully saturated rings. The predicted molar refractivity (Wildman–Crippen MR) is 190 cm³/mol. The topological polar surface area (TPSA) is 135 Å². The Morgan fingerprint density at radius 1 is 0.500 bits per heavy atom. The molecule has 3 heterocycles. The average molecular weight is 717 g/mol. The molecule has 0 aromatic heterocycles. The molecule has 0 N–H and O–H groups in total. The van der Waals surface area contributed by atoms with Crippen molar-refractivity contribution < 1.29 is 52.3 Å². The first kappa shape index (κ1) is 37.3. The average Bonchev–Trinajstić information content (AvgIpc) is 4.00. The third-order valence-electron chi connectivity index (χ3n) is 8.99. The fourth-order valence-electron chi connectivity index (χ4n) is 5.61. The van der Waals surface area contributed by atoms with Gasteiger partial charge in [0, 0.05) is 12.5 Å². The number of benzene rings is 3. The van der Waals surface area contributed by atoms with Gasteiger partial charge in [0.25, 0.3) is 0 Å². The minimum absolute atomic E-state index is 0.00725. The van der Waals surface area contributed by atoms with Crippen molar-refractivity contribution in [2.75, 3.05) is 33.0 Å². The molecule has 0 bridgehead atoms. The van der Waals surface area contributed by atoms with Crippen molar-refractivity contribution in [3.63, 3.8) is 0 Å². The van der Waals surface area contributed by atoms with Gasteiger partial charge in [-0.05, 0) is 92.8 Å². The van der Waals surface area contributed by atoms with E-state index in [1.807, 2.05) is 0 Å². The maximum Gasteiger partial charge on any atom is 0.343 e. The van der Waals surface area contributed by atoms with Crippen molar-refractivity contribution >= 4 is 17.9 Å². The Hall–Kier alpha value is -4.45. The third kappa shape index (κ3) is 13.3. The Morgan fingerprint density at radius 2 is 0.962 bits per heavy atom. The smallest absolute Gasteiger partial charge is 0.343 e. The van der Waals surface area contributed by atoms with E-state index in [1.165, 1.54) is 31.0 Å². The van der Waals surface area contributed by atoms with E-state index in [-0.39, 0.29) is 29.8 Å². The van der Waals surface area contributed by atoms with Crippen LogP contribution in [0.4, 0.5) is 0 Å². The Bertz CT molecular complexity index is 1590. The molecule has 3 aromatic carbocycles. The number of epoxide rings is 3. The molecule has 3 atom stereocenters. The minimum atomic E-state index is -0.648. The van der Waals surface area contributed by atoms with E-state index in [0.717, 1.165) is 64.6 Å². The zero-order valence-corrected chi connectivity index (χ0v) is 29.6. The zero-order valence-electron chi connectivity index (χ0n) is 29.6. The minimum Gasteiger partial charge on any atom is -0.494 e. The van der Waals surface area contributed by atoms with Gasteiger partial charge in [0.1, 0.15) is 17.2 Å². The van der Waals surface area contributed by atoms with Crippen LogP contribution in [-0.2, 0) is 19.0 Å². The number of unbranched alkanes of at least 4 members (excludes halogenated alkanes) is 6. The normalized spacial score (nSPS) is 18.3. The Kier molecular flexibility index (Phi) is 13.9. The molecule has 11 heteroatoms. The van der Waals surface area contributed by atoms with E-state index >= 15 is 0 Å². The summed E-state index contributed by atoms with van der Waals surface area (Å²) in [6.07, 6.45) is 12.7. The van der Waals surface area contributed by atoms with E-state index in [2.05, 4.69) is 0 Å². The lowest BCUT2D eigenvalue weighted by molar-refractivity contribution is -0.134. The maximum absolute atomic E-state index is 13.1. The first-order valence-electron chi connectivity index (χ1n) is 18.6. The molecule has 0 radical (unpaired) electrons. The third-order valence-corrected chi connectivity index (χ3v) is 8.99. The zero-order chi connectivity index (χ0) is 36.0. The highest BCUT2D eigenvalue weighted by Crippen LogP contribution is 2.34. The van der Waals surface area contributed by atoms with Crippen molar-refractivity contribution in [1.29, 1.82) is 0 Å². The first-order valence-corrected chi connectivity index (χ1v) is 18.6. The van der Waals surface area contributed by atoms with Crippen molar-refractivity contribution in [2.45, 2.75) is 95.4 Å². The summed E-state index contributed by atoms with van der Waals surface area (Å²) in [5.74, 6) is -0.378. The van der Waals surface area contributed by atoms with E-state index < -0.39 is 17.9 Å². The van der Waals surface area contributed by atoms with Crippen LogP contribution in [0.1, 0.15) is 97.8 Å². The lowest BCUT2D eigenvalue weighted by atomic mass is 10.1. The number of carbonyl (C=O) groups excluding carboxylic acids is 3. The molecule has 0 amide bonds. The highest BCUT2D eigenvalue weighted by Gasteiger charge is 2.25. The Morgan fingerprint density at radius 3 is 1.48 bits per heavy atom. The molecule has 278 valence electrons. The second-order valence-electron chi connectivity index (χ2n) is 13.4. The summed E-state index contributed by atoms with van der Waals surface area (Å²) >= 11 is 0. The molecule has 0 spiro atoms. The predicted octanol–water partition coefficient (Wildman–Crippen LogP) is 7.67. The van der Waals surface area contributed by atoms with Crippen molar-refractivity contribution in [2.24, 2.45) is 0 Å². The number of esters is 3. The Balaban J connectivity index is 0.985. The maximum atomic E-state index is 13.1. The number of carbonyl (C=O) groups is 3. The largest absolute Gasteiger partial charge is 0.494 e. The van der Waals surface area contributed by atoms with E-state index in [9.17, 15) is 14.4 Å². The van der Waals surface area contributed by atoms with Gasteiger partial charge in [0.05, 0.1) is 62.5 Å². The molecule has 52 heavy (non-hydrogen) atoms. The number of hydrogen-bond acceptors (Lipinski definition) is 11. The van der Waals surface area contributed by atoms with Crippen LogP contribution in [0.15, 0.2) is 66.7 Å². The monoisotopic (exact) mass is 716 g/mol. The molecule has 3 aromatic rings. The highest BCUT2D eigenvalue weighted by molar-refractivity contribution is 5.92. The molecule has 6 rings (SSSR count). The van der Waals surface area contributed by atoms with Crippen molar-refractivity contribution in [3.05, 3.63) is 77.9 Å². The second-order valence-corrected chi connectivity index (χ2v) is 13.4.